The van der Waals surface area contributed by atoms with E-state index in [1.54, 1.807) is 16.0 Å². The molecule has 0 spiro atoms. The molecule has 0 saturated heterocycles. The van der Waals surface area contributed by atoms with Gasteiger partial charge in [0.25, 0.3) is 0 Å². The summed E-state index contributed by atoms with van der Waals surface area (Å²) in [5.41, 5.74) is 0. The van der Waals surface area contributed by atoms with Gasteiger partial charge < -0.3 is 5.32 Å². The average Bonchev–Trinajstić information content (AvgIpc) is 2.72. The van der Waals surface area contributed by atoms with Gasteiger partial charge in [-0.25, -0.2) is 0 Å². The Balaban J connectivity index is 1.99. The molecule has 0 atom stereocenters. The number of halogens is 2. The van der Waals surface area contributed by atoms with Gasteiger partial charge in [0.1, 0.15) is 10.2 Å². The summed E-state index contributed by atoms with van der Waals surface area (Å²) in [5.74, 6) is 0.873. The second kappa shape index (κ2) is 4.55. The van der Waals surface area contributed by atoms with Crippen LogP contribution in [0.4, 0.5) is 5.82 Å². The summed E-state index contributed by atoms with van der Waals surface area (Å²) >= 11 is 10.9. The van der Waals surface area contributed by atoms with Crippen molar-refractivity contribution in [1.82, 2.24) is 9.78 Å². The van der Waals surface area contributed by atoms with Gasteiger partial charge in [-0.05, 0) is 22.0 Å². The molecule has 0 bridgehead atoms. The van der Waals surface area contributed by atoms with Crippen molar-refractivity contribution in [1.29, 1.82) is 0 Å². The summed E-state index contributed by atoms with van der Waals surface area (Å²) in [4.78, 5) is 1.18. The Morgan fingerprint density at radius 1 is 1.67 bits per heavy atom. The summed E-state index contributed by atoms with van der Waals surface area (Å²) in [6, 6.07) is 3.95. The number of rotatable bonds is 3. The van der Waals surface area contributed by atoms with E-state index < -0.39 is 0 Å². The summed E-state index contributed by atoms with van der Waals surface area (Å²) < 4.78 is 3.50. The number of nitrogens with zero attached hydrogens (tertiary/aromatic N) is 2. The molecule has 3 nitrogen and oxygen atoms in total. The lowest BCUT2D eigenvalue weighted by molar-refractivity contribution is 0.768. The quantitative estimate of drug-likeness (QED) is 0.940. The molecule has 2 aromatic rings. The number of aromatic nitrogens is 2. The first-order valence-corrected chi connectivity index (χ1v) is 6.31. The molecule has 2 heterocycles. The van der Waals surface area contributed by atoms with Crippen LogP contribution in [0.3, 0.4) is 0 Å². The van der Waals surface area contributed by atoms with Gasteiger partial charge in [0.2, 0.25) is 0 Å². The SMILES string of the molecule is Cn1ccc(NCc2cc(Br)c(Cl)s2)n1. The molecule has 0 fully saturated rings. The molecule has 2 rings (SSSR count). The molecule has 0 aromatic carbocycles. The van der Waals surface area contributed by atoms with Gasteiger partial charge >= 0.3 is 0 Å². The van der Waals surface area contributed by atoms with Gasteiger partial charge in [-0.3, -0.25) is 4.68 Å². The number of thiophene rings is 1. The van der Waals surface area contributed by atoms with Gasteiger partial charge in [-0.15, -0.1) is 11.3 Å². The van der Waals surface area contributed by atoms with Crippen LogP contribution in [0.2, 0.25) is 4.34 Å². The van der Waals surface area contributed by atoms with Crippen LogP contribution in [0.15, 0.2) is 22.8 Å². The molecule has 0 radical (unpaired) electrons. The maximum absolute atomic E-state index is 5.94. The molecule has 0 aliphatic carbocycles. The van der Waals surface area contributed by atoms with Gasteiger partial charge in [-0.1, -0.05) is 11.6 Å². The summed E-state index contributed by atoms with van der Waals surface area (Å²) in [6.45, 7) is 0.743. The van der Waals surface area contributed by atoms with E-state index >= 15 is 0 Å². The van der Waals surface area contributed by atoms with Crippen LogP contribution in [-0.4, -0.2) is 9.78 Å². The fourth-order valence-electron chi connectivity index (χ4n) is 1.17. The Morgan fingerprint density at radius 2 is 2.47 bits per heavy atom. The van der Waals surface area contributed by atoms with E-state index in [-0.39, 0.29) is 0 Å². The number of hydrogen-bond donors (Lipinski definition) is 1. The lowest BCUT2D eigenvalue weighted by Gasteiger charge is -1.98. The Kier molecular flexibility index (Phi) is 3.33. The summed E-state index contributed by atoms with van der Waals surface area (Å²) in [5, 5.41) is 7.44. The molecule has 2 aromatic heterocycles. The normalized spacial score (nSPS) is 10.6. The van der Waals surface area contributed by atoms with Crippen LogP contribution in [0.1, 0.15) is 4.88 Å². The number of nitrogens with one attached hydrogen (secondary N) is 1. The molecule has 0 unspecified atom stereocenters. The van der Waals surface area contributed by atoms with Crippen molar-refractivity contribution in [2.45, 2.75) is 6.54 Å². The van der Waals surface area contributed by atoms with Crippen LogP contribution in [0.25, 0.3) is 0 Å². The third-order valence-electron chi connectivity index (χ3n) is 1.85. The predicted molar refractivity (Wildman–Crippen MR) is 67.6 cm³/mol. The molecule has 0 saturated carbocycles. The Hall–Kier alpha value is -0.520. The second-order valence-corrected chi connectivity index (χ2v) is 5.66. The lowest BCUT2D eigenvalue weighted by Crippen LogP contribution is -1.98. The fourth-order valence-corrected chi connectivity index (χ4v) is 2.90. The van der Waals surface area contributed by atoms with Crippen molar-refractivity contribution in [3.8, 4) is 0 Å². The lowest BCUT2D eigenvalue weighted by atomic mass is 10.4. The maximum Gasteiger partial charge on any atom is 0.148 e. The third-order valence-corrected chi connectivity index (χ3v) is 4.33. The van der Waals surface area contributed by atoms with Crippen LogP contribution in [0.5, 0.6) is 0 Å². The van der Waals surface area contributed by atoms with E-state index in [1.165, 1.54) is 4.88 Å². The first kappa shape index (κ1) is 11.0. The van der Waals surface area contributed by atoms with Gasteiger partial charge in [0.05, 0.1) is 6.54 Å². The molecular formula is C9H9BrClN3S. The van der Waals surface area contributed by atoms with E-state index in [4.69, 9.17) is 11.6 Å². The van der Waals surface area contributed by atoms with Gasteiger partial charge in [-0.2, -0.15) is 5.10 Å². The minimum absolute atomic E-state index is 0.743. The topological polar surface area (TPSA) is 29.9 Å². The van der Waals surface area contributed by atoms with Crippen molar-refractivity contribution in [2.24, 2.45) is 7.05 Å². The van der Waals surface area contributed by atoms with E-state index in [0.29, 0.717) is 0 Å². The zero-order valence-corrected chi connectivity index (χ0v) is 11.2. The summed E-state index contributed by atoms with van der Waals surface area (Å²) in [6.07, 6.45) is 1.90. The molecule has 0 aliphatic rings. The molecule has 15 heavy (non-hydrogen) atoms. The highest BCUT2D eigenvalue weighted by Gasteiger charge is 2.04. The first-order chi connectivity index (χ1) is 7.15. The number of aryl methyl sites for hydroxylation is 1. The van der Waals surface area contributed by atoms with E-state index in [9.17, 15) is 0 Å². The van der Waals surface area contributed by atoms with Crippen molar-refractivity contribution in [2.75, 3.05) is 5.32 Å². The highest BCUT2D eigenvalue weighted by atomic mass is 79.9. The number of anilines is 1. The standard InChI is InChI=1S/C9H9BrClN3S/c1-14-3-2-8(13-14)12-5-6-4-7(10)9(11)15-6/h2-4H,5H2,1H3,(H,12,13). The van der Waals surface area contributed by atoms with E-state index in [2.05, 4.69) is 26.3 Å². The summed E-state index contributed by atoms with van der Waals surface area (Å²) in [7, 11) is 1.89. The molecule has 1 N–H and O–H groups in total. The Labute approximate surface area is 105 Å². The molecule has 80 valence electrons. The molecule has 6 heteroatoms. The zero-order valence-electron chi connectivity index (χ0n) is 8.00. The molecule has 0 aliphatic heterocycles. The third kappa shape index (κ3) is 2.74. The highest BCUT2D eigenvalue weighted by Crippen LogP contribution is 2.32. The van der Waals surface area contributed by atoms with E-state index in [0.717, 1.165) is 21.2 Å². The minimum atomic E-state index is 0.743. The monoisotopic (exact) mass is 305 g/mol. The average molecular weight is 307 g/mol. The molecule has 0 amide bonds. The minimum Gasteiger partial charge on any atom is -0.364 e. The number of hydrogen-bond acceptors (Lipinski definition) is 3. The van der Waals surface area contributed by atoms with Gasteiger partial charge in [0, 0.05) is 28.7 Å². The maximum atomic E-state index is 5.94. The smallest absolute Gasteiger partial charge is 0.148 e. The highest BCUT2D eigenvalue weighted by molar-refractivity contribution is 9.10. The van der Waals surface area contributed by atoms with Crippen molar-refractivity contribution >= 4 is 44.7 Å². The largest absolute Gasteiger partial charge is 0.364 e. The Bertz CT molecular complexity index is 446. The first-order valence-electron chi connectivity index (χ1n) is 4.32. The van der Waals surface area contributed by atoms with Crippen LogP contribution in [0, 0.1) is 0 Å². The van der Waals surface area contributed by atoms with Crippen molar-refractivity contribution < 1.29 is 0 Å². The Morgan fingerprint density at radius 3 is 3.00 bits per heavy atom. The van der Waals surface area contributed by atoms with Gasteiger partial charge in [0.15, 0.2) is 0 Å². The van der Waals surface area contributed by atoms with Crippen LogP contribution in [-0.2, 0) is 13.6 Å². The van der Waals surface area contributed by atoms with Crippen molar-refractivity contribution in [3.63, 3.8) is 0 Å². The fraction of sp³-hybridized carbons (Fsp3) is 0.222. The van der Waals surface area contributed by atoms with Crippen LogP contribution < -0.4 is 5.32 Å². The molecular weight excluding hydrogens is 298 g/mol. The predicted octanol–water partition coefficient (Wildman–Crippen LogP) is 3.51. The van der Waals surface area contributed by atoms with Crippen LogP contribution >= 0.6 is 38.9 Å². The van der Waals surface area contributed by atoms with Crippen molar-refractivity contribution in [3.05, 3.63) is 32.0 Å². The zero-order chi connectivity index (χ0) is 10.8. The van der Waals surface area contributed by atoms with E-state index in [1.807, 2.05) is 25.4 Å². The second-order valence-electron chi connectivity index (χ2n) is 3.06.